The number of piperazine rings is 1. The first-order valence-corrected chi connectivity index (χ1v) is 7.46. The van der Waals surface area contributed by atoms with Crippen LogP contribution < -0.4 is 5.32 Å². The summed E-state index contributed by atoms with van der Waals surface area (Å²) in [6.45, 7) is 2.69. The van der Waals surface area contributed by atoms with Crippen LogP contribution in [0.3, 0.4) is 0 Å². The SMILES string of the molecule is CCC1NCC(=O)N(CCSc2ccccc2)C1=O. The Kier molecular flexibility index (Phi) is 4.99. The van der Waals surface area contributed by atoms with E-state index in [2.05, 4.69) is 5.32 Å². The van der Waals surface area contributed by atoms with Gasteiger partial charge in [-0.05, 0) is 18.6 Å². The van der Waals surface area contributed by atoms with Crippen molar-refractivity contribution in [2.45, 2.75) is 24.3 Å². The lowest BCUT2D eigenvalue weighted by Gasteiger charge is -2.30. The number of nitrogens with zero attached hydrogens (tertiary/aromatic N) is 1. The van der Waals surface area contributed by atoms with Crippen molar-refractivity contribution in [3.63, 3.8) is 0 Å². The van der Waals surface area contributed by atoms with E-state index in [0.29, 0.717) is 13.0 Å². The van der Waals surface area contributed by atoms with Crippen molar-refractivity contribution in [2.24, 2.45) is 0 Å². The topological polar surface area (TPSA) is 49.4 Å². The second-order valence-corrected chi connectivity index (χ2v) is 5.56. The summed E-state index contributed by atoms with van der Waals surface area (Å²) < 4.78 is 0. The van der Waals surface area contributed by atoms with Crippen LogP contribution >= 0.6 is 11.8 Å². The molecule has 2 amide bonds. The molecule has 1 aliphatic heterocycles. The van der Waals surface area contributed by atoms with Crippen molar-refractivity contribution >= 4 is 23.6 Å². The van der Waals surface area contributed by atoms with Crippen molar-refractivity contribution < 1.29 is 9.59 Å². The average molecular weight is 278 g/mol. The third-order valence-electron chi connectivity index (χ3n) is 3.10. The molecular formula is C14H18N2O2S. The monoisotopic (exact) mass is 278 g/mol. The van der Waals surface area contributed by atoms with Gasteiger partial charge in [0.25, 0.3) is 0 Å². The molecule has 4 nitrogen and oxygen atoms in total. The minimum absolute atomic E-state index is 0.0904. The Balaban J connectivity index is 1.87. The number of thioether (sulfide) groups is 1. The summed E-state index contributed by atoms with van der Waals surface area (Å²) in [6.07, 6.45) is 0.717. The van der Waals surface area contributed by atoms with Crippen LogP contribution in [-0.4, -0.2) is 41.6 Å². The van der Waals surface area contributed by atoms with E-state index in [9.17, 15) is 9.59 Å². The summed E-state index contributed by atoms with van der Waals surface area (Å²) in [6, 6.07) is 9.79. The van der Waals surface area contributed by atoms with Gasteiger partial charge in [-0.15, -0.1) is 11.8 Å². The highest BCUT2D eigenvalue weighted by molar-refractivity contribution is 7.99. The highest BCUT2D eigenvalue weighted by Crippen LogP contribution is 2.17. The number of carbonyl (C=O) groups excluding carboxylic acids is 2. The maximum Gasteiger partial charge on any atom is 0.246 e. The number of benzene rings is 1. The third kappa shape index (κ3) is 3.58. The number of imide groups is 1. The van der Waals surface area contributed by atoms with Gasteiger partial charge >= 0.3 is 0 Å². The van der Waals surface area contributed by atoms with Crippen molar-refractivity contribution in [3.8, 4) is 0 Å². The Morgan fingerprint density at radius 1 is 1.32 bits per heavy atom. The van der Waals surface area contributed by atoms with Gasteiger partial charge in [-0.1, -0.05) is 25.1 Å². The van der Waals surface area contributed by atoms with E-state index in [1.807, 2.05) is 37.3 Å². The largest absolute Gasteiger partial charge is 0.297 e. The quantitative estimate of drug-likeness (QED) is 0.655. The molecule has 0 aromatic heterocycles. The first kappa shape index (κ1) is 14.1. The summed E-state index contributed by atoms with van der Waals surface area (Å²) in [5.41, 5.74) is 0. The van der Waals surface area contributed by atoms with Gasteiger partial charge in [0.1, 0.15) is 0 Å². The lowest BCUT2D eigenvalue weighted by atomic mass is 10.1. The van der Waals surface area contributed by atoms with Gasteiger partial charge in [0.05, 0.1) is 12.6 Å². The van der Waals surface area contributed by atoms with E-state index in [4.69, 9.17) is 0 Å². The molecule has 0 bridgehead atoms. The van der Waals surface area contributed by atoms with Gasteiger partial charge in [0.15, 0.2) is 0 Å². The summed E-state index contributed by atoms with van der Waals surface area (Å²) >= 11 is 1.66. The molecular weight excluding hydrogens is 260 g/mol. The second-order valence-electron chi connectivity index (χ2n) is 4.39. The summed E-state index contributed by atoms with van der Waals surface area (Å²) in [5.74, 6) is 0.522. The number of hydrogen-bond donors (Lipinski definition) is 1. The van der Waals surface area contributed by atoms with Crippen LogP contribution in [0, 0.1) is 0 Å². The predicted molar refractivity (Wildman–Crippen MR) is 76.0 cm³/mol. The molecule has 1 aromatic rings. The van der Waals surface area contributed by atoms with Crippen molar-refractivity contribution in [1.82, 2.24) is 10.2 Å². The van der Waals surface area contributed by atoms with Crippen LogP contribution in [0.25, 0.3) is 0 Å². The van der Waals surface area contributed by atoms with Gasteiger partial charge in [0, 0.05) is 17.2 Å². The van der Waals surface area contributed by atoms with Gasteiger partial charge in [-0.3, -0.25) is 19.8 Å². The van der Waals surface area contributed by atoms with E-state index in [1.54, 1.807) is 11.8 Å². The maximum atomic E-state index is 12.0. The van der Waals surface area contributed by atoms with Crippen LogP contribution in [0.1, 0.15) is 13.3 Å². The lowest BCUT2D eigenvalue weighted by molar-refractivity contribution is -0.148. The summed E-state index contributed by atoms with van der Waals surface area (Å²) in [5, 5.41) is 2.96. The summed E-state index contributed by atoms with van der Waals surface area (Å²) in [7, 11) is 0. The number of amides is 2. The molecule has 1 atom stereocenters. The smallest absolute Gasteiger partial charge is 0.246 e. The molecule has 5 heteroatoms. The first-order valence-electron chi connectivity index (χ1n) is 6.47. The van der Waals surface area contributed by atoms with Gasteiger partial charge < -0.3 is 0 Å². The average Bonchev–Trinajstić information content (AvgIpc) is 2.44. The highest BCUT2D eigenvalue weighted by atomic mass is 32.2. The second kappa shape index (κ2) is 6.73. The molecule has 0 spiro atoms. The molecule has 1 aromatic carbocycles. The fourth-order valence-electron chi connectivity index (χ4n) is 2.03. The predicted octanol–water partition coefficient (Wildman–Crippen LogP) is 1.52. The van der Waals surface area contributed by atoms with E-state index in [-0.39, 0.29) is 24.4 Å². The zero-order valence-electron chi connectivity index (χ0n) is 11.0. The van der Waals surface area contributed by atoms with Crippen molar-refractivity contribution in [1.29, 1.82) is 0 Å². The van der Waals surface area contributed by atoms with Crippen LogP contribution in [-0.2, 0) is 9.59 Å². The van der Waals surface area contributed by atoms with Crippen molar-refractivity contribution in [3.05, 3.63) is 30.3 Å². The molecule has 102 valence electrons. The number of hydrogen-bond acceptors (Lipinski definition) is 4. The maximum absolute atomic E-state index is 12.0. The number of carbonyl (C=O) groups is 2. The zero-order valence-corrected chi connectivity index (χ0v) is 11.8. The number of rotatable bonds is 5. The first-order chi connectivity index (χ1) is 9.22. The summed E-state index contributed by atoms with van der Waals surface area (Å²) in [4.78, 5) is 26.3. The van der Waals surface area contributed by atoms with Crippen LogP contribution in [0.2, 0.25) is 0 Å². The van der Waals surface area contributed by atoms with E-state index in [0.717, 1.165) is 10.6 Å². The van der Waals surface area contributed by atoms with Crippen LogP contribution in [0.15, 0.2) is 35.2 Å². The minimum atomic E-state index is -0.209. The Morgan fingerprint density at radius 3 is 2.74 bits per heavy atom. The Labute approximate surface area is 117 Å². The van der Waals surface area contributed by atoms with Crippen molar-refractivity contribution in [2.75, 3.05) is 18.8 Å². The van der Waals surface area contributed by atoms with Gasteiger partial charge in [0.2, 0.25) is 11.8 Å². The van der Waals surface area contributed by atoms with E-state index >= 15 is 0 Å². The lowest BCUT2D eigenvalue weighted by Crippen LogP contribution is -2.58. The fraction of sp³-hybridized carbons (Fsp3) is 0.429. The fourth-order valence-corrected chi connectivity index (χ4v) is 2.89. The molecule has 1 aliphatic rings. The Morgan fingerprint density at radius 2 is 2.05 bits per heavy atom. The standard InChI is InChI=1S/C14H18N2O2S/c1-2-12-14(18)16(13(17)10-15-12)8-9-19-11-6-4-3-5-7-11/h3-7,12,15H,2,8-10H2,1H3. The molecule has 1 saturated heterocycles. The minimum Gasteiger partial charge on any atom is -0.297 e. The van der Waals surface area contributed by atoms with Gasteiger partial charge in [-0.25, -0.2) is 0 Å². The molecule has 19 heavy (non-hydrogen) atoms. The van der Waals surface area contributed by atoms with E-state index in [1.165, 1.54) is 4.90 Å². The molecule has 1 unspecified atom stereocenters. The van der Waals surface area contributed by atoms with Crippen LogP contribution in [0.5, 0.6) is 0 Å². The zero-order chi connectivity index (χ0) is 13.7. The van der Waals surface area contributed by atoms with Crippen LogP contribution in [0.4, 0.5) is 0 Å². The Hall–Kier alpha value is -1.33. The molecule has 1 fully saturated rings. The highest BCUT2D eigenvalue weighted by Gasteiger charge is 2.32. The molecule has 1 heterocycles. The molecule has 1 N–H and O–H groups in total. The Bertz CT molecular complexity index is 450. The van der Waals surface area contributed by atoms with Gasteiger partial charge in [-0.2, -0.15) is 0 Å². The third-order valence-corrected chi connectivity index (χ3v) is 4.09. The van der Waals surface area contributed by atoms with E-state index < -0.39 is 0 Å². The molecule has 0 aliphatic carbocycles. The normalized spacial score (nSPS) is 19.8. The molecule has 2 rings (SSSR count). The molecule has 0 radical (unpaired) electrons. The molecule has 0 saturated carbocycles. The number of nitrogens with one attached hydrogen (secondary N) is 1.